The molecule has 6 heteroatoms. The van der Waals surface area contributed by atoms with E-state index in [0.717, 1.165) is 43.2 Å². The third-order valence-corrected chi connectivity index (χ3v) is 3.64. The van der Waals surface area contributed by atoms with E-state index < -0.39 is 0 Å². The van der Waals surface area contributed by atoms with Crippen LogP contribution < -0.4 is 15.7 Å². The number of hydrogen-bond acceptors (Lipinski definition) is 4. The van der Waals surface area contributed by atoms with Gasteiger partial charge in [0, 0.05) is 12.5 Å². The molecule has 0 aliphatic carbocycles. The van der Waals surface area contributed by atoms with E-state index in [9.17, 15) is 4.79 Å². The summed E-state index contributed by atoms with van der Waals surface area (Å²) in [6.45, 7) is 1.91. The fraction of sp³-hybridized carbons (Fsp3) is 0.429. The number of rotatable bonds is 3. The van der Waals surface area contributed by atoms with E-state index in [0.29, 0.717) is 0 Å². The molecule has 3 rings (SSSR count). The number of aromatic nitrogens is 3. The monoisotopic (exact) mass is 274 g/mol. The van der Waals surface area contributed by atoms with Gasteiger partial charge in [-0.15, -0.1) is 5.10 Å². The number of ether oxygens (including phenoxy) is 1. The van der Waals surface area contributed by atoms with Gasteiger partial charge in [-0.2, -0.15) is 4.68 Å². The lowest BCUT2D eigenvalue weighted by atomic mass is 9.99. The van der Waals surface area contributed by atoms with Gasteiger partial charge in [-0.3, -0.25) is 4.98 Å². The van der Waals surface area contributed by atoms with Crippen molar-refractivity contribution in [1.29, 1.82) is 0 Å². The minimum atomic E-state index is -0.198. The van der Waals surface area contributed by atoms with Crippen molar-refractivity contribution in [3.8, 4) is 11.4 Å². The molecule has 2 aromatic rings. The van der Waals surface area contributed by atoms with Gasteiger partial charge < -0.3 is 10.1 Å². The van der Waals surface area contributed by atoms with Gasteiger partial charge >= 0.3 is 5.69 Å². The number of piperidine rings is 1. The summed E-state index contributed by atoms with van der Waals surface area (Å²) >= 11 is 0. The lowest BCUT2D eigenvalue weighted by Gasteiger charge is -2.20. The molecule has 20 heavy (non-hydrogen) atoms. The standard InChI is InChI=1S/C14H18N4O2/c1-20-12-6-4-11(5-7-12)18-14(19)16-13(17-18)10-3-2-8-15-9-10/h4-7,10,15H,2-3,8-9H2,1H3,(H,16,17,19)/t10-/m0/s1. The number of nitrogens with zero attached hydrogens (tertiary/aromatic N) is 2. The van der Waals surface area contributed by atoms with Crippen LogP contribution in [0.3, 0.4) is 0 Å². The third kappa shape index (κ3) is 2.46. The van der Waals surface area contributed by atoms with Crippen molar-refractivity contribution in [2.45, 2.75) is 18.8 Å². The zero-order chi connectivity index (χ0) is 13.9. The van der Waals surface area contributed by atoms with Crippen LogP contribution in [0, 0.1) is 0 Å². The number of nitrogens with one attached hydrogen (secondary N) is 2. The minimum absolute atomic E-state index is 0.198. The topological polar surface area (TPSA) is 71.9 Å². The van der Waals surface area contributed by atoms with Gasteiger partial charge in [0.15, 0.2) is 0 Å². The quantitative estimate of drug-likeness (QED) is 0.877. The number of methoxy groups -OCH3 is 1. The van der Waals surface area contributed by atoms with Crippen molar-refractivity contribution in [1.82, 2.24) is 20.1 Å². The van der Waals surface area contributed by atoms with Crippen molar-refractivity contribution in [3.63, 3.8) is 0 Å². The Labute approximate surface area is 116 Å². The van der Waals surface area contributed by atoms with E-state index in [1.165, 1.54) is 4.68 Å². The summed E-state index contributed by atoms with van der Waals surface area (Å²) in [6.07, 6.45) is 2.17. The average molecular weight is 274 g/mol. The molecular weight excluding hydrogens is 256 g/mol. The van der Waals surface area contributed by atoms with Gasteiger partial charge in [-0.1, -0.05) is 0 Å². The highest BCUT2D eigenvalue weighted by atomic mass is 16.5. The summed E-state index contributed by atoms with van der Waals surface area (Å²) in [4.78, 5) is 14.9. The molecule has 1 aliphatic rings. The summed E-state index contributed by atoms with van der Waals surface area (Å²) < 4.78 is 6.52. The van der Waals surface area contributed by atoms with Crippen LogP contribution in [0.5, 0.6) is 5.75 Å². The fourth-order valence-corrected chi connectivity index (χ4v) is 2.51. The first kappa shape index (κ1) is 12.9. The van der Waals surface area contributed by atoms with Gasteiger partial charge in [-0.25, -0.2) is 4.79 Å². The van der Waals surface area contributed by atoms with Crippen LogP contribution in [0.15, 0.2) is 29.1 Å². The molecule has 1 aromatic carbocycles. The van der Waals surface area contributed by atoms with E-state index in [2.05, 4.69) is 15.4 Å². The summed E-state index contributed by atoms with van der Waals surface area (Å²) in [7, 11) is 1.61. The second kappa shape index (κ2) is 5.50. The van der Waals surface area contributed by atoms with Gasteiger partial charge in [0.1, 0.15) is 11.6 Å². The normalized spacial score (nSPS) is 18.9. The second-order valence-electron chi connectivity index (χ2n) is 4.97. The molecule has 1 aliphatic heterocycles. The van der Waals surface area contributed by atoms with Gasteiger partial charge in [0.25, 0.3) is 0 Å². The Bertz CT molecular complexity index is 623. The van der Waals surface area contributed by atoms with Crippen LogP contribution >= 0.6 is 0 Å². The number of H-pyrrole nitrogens is 1. The Kier molecular flexibility index (Phi) is 3.56. The Morgan fingerprint density at radius 2 is 2.15 bits per heavy atom. The van der Waals surface area contributed by atoms with E-state index in [4.69, 9.17) is 4.74 Å². The Morgan fingerprint density at radius 3 is 2.80 bits per heavy atom. The maximum Gasteiger partial charge on any atom is 0.348 e. The maximum absolute atomic E-state index is 12.0. The molecular formula is C14H18N4O2. The molecule has 0 spiro atoms. The predicted molar refractivity (Wildman–Crippen MR) is 75.6 cm³/mol. The number of aromatic amines is 1. The average Bonchev–Trinajstić information content (AvgIpc) is 2.90. The van der Waals surface area contributed by atoms with E-state index in [1.54, 1.807) is 7.11 Å². The molecule has 6 nitrogen and oxygen atoms in total. The van der Waals surface area contributed by atoms with Crippen LogP contribution in [-0.2, 0) is 0 Å². The SMILES string of the molecule is COc1ccc(-n2nc([C@H]3CCCNC3)[nH]c2=O)cc1. The summed E-state index contributed by atoms with van der Waals surface area (Å²) in [5, 5.41) is 7.76. The van der Waals surface area contributed by atoms with Crippen molar-refractivity contribution in [2.24, 2.45) is 0 Å². The fourth-order valence-electron chi connectivity index (χ4n) is 2.51. The molecule has 1 saturated heterocycles. The van der Waals surface area contributed by atoms with Gasteiger partial charge in [0.2, 0.25) is 0 Å². The molecule has 1 atom stereocenters. The molecule has 0 amide bonds. The van der Waals surface area contributed by atoms with Crippen LogP contribution in [-0.4, -0.2) is 35.0 Å². The predicted octanol–water partition coefficient (Wildman–Crippen LogP) is 1.04. The number of hydrogen-bond donors (Lipinski definition) is 2. The zero-order valence-corrected chi connectivity index (χ0v) is 11.4. The molecule has 0 saturated carbocycles. The molecule has 1 fully saturated rings. The largest absolute Gasteiger partial charge is 0.497 e. The molecule has 2 N–H and O–H groups in total. The van der Waals surface area contributed by atoms with Crippen molar-refractivity contribution < 1.29 is 4.74 Å². The molecule has 2 heterocycles. The Morgan fingerprint density at radius 1 is 1.35 bits per heavy atom. The Hall–Kier alpha value is -2.08. The van der Waals surface area contributed by atoms with Gasteiger partial charge in [-0.05, 0) is 43.7 Å². The summed E-state index contributed by atoms with van der Waals surface area (Å²) in [5.41, 5.74) is 0.540. The van der Waals surface area contributed by atoms with Crippen LogP contribution in [0.25, 0.3) is 5.69 Å². The molecule has 106 valence electrons. The highest BCUT2D eigenvalue weighted by Gasteiger charge is 2.20. The smallest absolute Gasteiger partial charge is 0.348 e. The minimum Gasteiger partial charge on any atom is -0.497 e. The zero-order valence-electron chi connectivity index (χ0n) is 11.4. The molecule has 1 aromatic heterocycles. The second-order valence-corrected chi connectivity index (χ2v) is 4.97. The molecule has 0 bridgehead atoms. The lowest BCUT2D eigenvalue weighted by Crippen LogP contribution is -2.29. The van der Waals surface area contributed by atoms with Gasteiger partial charge in [0.05, 0.1) is 12.8 Å². The van der Waals surface area contributed by atoms with Crippen molar-refractivity contribution >= 4 is 0 Å². The van der Waals surface area contributed by atoms with Crippen molar-refractivity contribution in [2.75, 3.05) is 20.2 Å². The number of benzene rings is 1. The van der Waals surface area contributed by atoms with Crippen molar-refractivity contribution in [3.05, 3.63) is 40.6 Å². The first-order chi connectivity index (χ1) is 9.78. The first-order valence-electron chi connectivity index (χ1n) is 6.82. The maximum atomic E-state index is 12.0. The molecule has 0 unspecified atom stereocenters. The lowest BCUT2D eigenvalue weighted by molar-refractivity contribution is 0.414. The first-order valence-corrected chi connectivity index (χ1v) is 6.82. The summed E-state index contributed by atoms with van der Waals surface area (Å²) in [5.74, 6) is 1.81. The van der Waals surface area contributed by atoms with E-state index in [1.807, 2.05) is 24.3 Å². The summed E-state index contributed by atoms with van der Waals surface area (Å²) in [6, 6.07) is 7.28. The Balaban J connectivity index is 1.89. The molecule has 0 radical (unpaired) electrons. The highest BCUT2D eigenvalue weighted by Crippen LogP contribution is 2.19. The van der Waals surface area contributed by atoms with E-state index in [-0.39, 0.29) is 11.6 Å². The van der Waals surface area contributed by atoms with Crippen LogP contribution in [0.2, 0.25) is 0 Å². The highest BCUT2D eigenvalue weighted by molar-refractivity contribution is 5.36. The van der Waals surface area contributed by atoms with Crippen LogP contribution in [0.4, 0.5) is 0 Å². The van der Waals surface area contributed by atoms with Crippen LogP contribution in [0.1, 0.15) is 24.6 Å². The third-order valence-electron chi connectivity index (χ3n) is 3.64. The van der Waals surface area contributed by atoms with E-state index >= 15 is 0 Å².